The summed E-state index contributed by atoms with van der Waals surface area (Å²) in [7, 11) is 1.15. The second kappa shape index (κ2) is 38.5. The van der Waals surface area contributed by atoms with E-state index in [-0.39, 0.29) is 26.1 Å². The van der Waals surface area contributed by atoms with E-state index in [2.05, 4.69) is 62.5 Å². The van der Waals surface area contributed by atoms with Gasteiger partial charge in [0.2, 0.25) is 0 Å². The molecule has 0 heterocycles. The molecule has 0 N–H and O–H groups in total. The van der Waals surface area contributed by atoms with Crippen molar-refractivity contribution in [1.82, 2.24) is 0 Å². The van der Waals surface area contributed by atoms with Gasteiger partial charge in [-0.3, -0.25) is 14.2 Å². The zero-order chi connectivity index (χ0) is 41.4. The van der Waals surface area contributed by atoms with Crippen molar-refractivity contribution in [1.29, 1.82) is 0 Å². The minimum atomic E-state index is -4.63. The van der Waals surface area contributed by atoms with Crippen LogP contribution in [0.15, 0.2) is 48.6 Å². The molecule has 0 bridgehead atoms. The Balaban J connectivity index is 4.40. The van der Waals surface area contributed by atoms with Crippen LogP contribution in [0.1, 0.15) is 181 Å². The molecule has 0 aromatic heterocycles. The van der Waals surface area contributed by atoms with Crippen molar-refractivity contribution in [3.8, 4) is 0 Å². The zero-order valence-electron chi connectivity index (χ0n) is 36.6. The summed E-state index contributed by atoms with van der Waals surface area (Å²) in [5.41, 5.74) is 0. The lowest BCUT2D eigenvalue weighted by Gasteiger charge is -2.28. The zero-order valence-corrected chi connectivity index (χ0v) is 37.5. The van der Waals surface area contributed by atoms with Gasteiger partial charge in [-0.05, 0) is 51.4 Å². The van der Waals surface area contributed by atoms with Crippen LogP contribution >= 0.6 is 7.82 Å². The molecule has 0 saturated heterocycles. The van der Waals surface area contributed by atoms with Crippen LogP contribution in [0.3, 0.4) is 0 Å². The van der Waals surface area contributed by atoms with E-state index in [1.165, 1.54) is 77.0 Å². The van der Waals surface area contributed by atoms with Gasteiger partial charge in [0.25, 0.3) is 7.82 Å². The molecule has 0 aliphatic heterocycles. The number of quaternary nitrogens is 1. The number of carbonyl (C=O) groups excluding carboxylic acids is 2. The van der Waals surface area contributed by atoms with Crippen LogP contribution in [0.5, 0.6) is 0 Å². The molecule has 0 fully saturated rings. The molecule has 0 aliphatic carbocycles. The Labute approximate surface area is 343 Å². The van der Waals surface area contributed by atoms with E-state index >= 15 is 0 Å². The molecule has 9 nitrogen and oxygen atoms in total. The number of hydrogen-bond acceptors (Lipinski definition) is 8. The van der Waals surface area contributed by atoms with Gasteiger partial charge < -0.3 is 27.9 Å². The molecular weight excluding hydrogens is 725 g/mol. The highest BCUT2D eigenvalue weighted by molar-refractivity contribution is 7.45. The molecular formula is C46H84NO8P. The van der Waals surface area contributed by atoms with Crippen molar-refractivity contribution in [3.63, 3.8) is 0 Å². The van der Waals surface area contributed by atoms with Crippen LogP contribution in [0.4, 0.5) is 0 Å². The fourth-order valence-corrected chi connectivity index (χ4v) is 6.55. The predicted octanol–water partition coefficient (Wildman–Crippen LogP) is 12.1. The van der Waals surface area contributed by atoms with E-state index in [4.69, 9.17) is 18.5 Å². The number of ether oxygens (including phenoxy) is 2. The molecule has 0 saturated carbocycles. The molecule has 326 valence electrons. The Hall–Kier alpha value is -2.03. The molecule has 56 heavy (non-hydrogen) atoms. The highest BCUT2D eigenvalue weighted by Gasteiger charge is 2.21. The van der Waals surface area contributed by atoms with E-state index in [1.807, 2.05) is 21.1 Å². The third-order valence-electron chi connectivity index (χ3n) is 9.33. The SMILES string of the molecule is CCC/C=C/C/C=C/C/C=C/C/C=C/CCCCCC(=O)OC[C@H](COP(=O)([O-])OCC[N+](C)(C)C)OC(=O)CCCCCCCCCCCCCCCCC. The normalized spacial score (nSPS) is 14.0. The lowest BCUT2D eigenvalue weighted by molar-refractivity contribution is -0.870. The summed E-state index contributed by atoms with van der Waals surface area (Å²) in [6.45, 7) is 4.12. The quantitative estimate of drug-likeness (QED) is 0.0198. The summed E-state index contributed by atoms with van der Waals surface area (Å²) in [5, 5.41) is 0. The monoisotopic (exact) mass is 810 g/mol. The van der Waals surface area contributed by atoms with E-state index in [0.29, 0.717) is 23.9 Å². The molecule has 0 aromatic rings. The van der Waals surface area contributed by atoms with Crippen LogP contribution in [0.2, 0.25) is 0 Å². The molecule has 0 aromatic carbocycles. The van der Waals surface area contributed by atoms with Crippen molar-refractivity contribution in [3.05, 3.63) is 48.6 Å². The standard InChI is InChI=1S/C46H84NO8P/c1-6-8-10-12-14-16-18-20-22-23-25-26-28-30-32-34-36-38-45(48)52-42-44(43-54-56(50,51)53-41-40-47(3,4)5)55-46(49)39-37-35-33-31-29-27-24-21-19-17-15-13-11-9-7-2/h10,12,16,18,22-23,26,28,44H,6-9,11,13-15,17,19-21,24-25,27,29-43H2,1-5H3/b12-10+,18-16+,23-22+,28-26+/t44-/m1/s1. The number of carbonyl (C=O) groups is 2. The average Bonchev–Trinajstić information content (AvgIpc) is 3.15. The number of rotatable bonds is 40. The second-order valence-electron chi connectivity index (χ2n) is 16.1. The Bertz CT molecular complexity index is 1100. The van der Waals surface area contributed by atoms with Gasteiger partial charge >= 0.3 is 11.9 Å². The summed E-state index contributed by atoms with van der Waals surface area (Å²) in [6, 6.07) is 0. The molecule has 0 radical (unpaired) electrons. The highest BCUT2D eigenvalue weighted by atomic mass is 31.2. The van der Waals surface area contributed by atoms with Crippen molar-refractivity contribution in [2.75, 3.05) is 47.5 Å². The molecule has 2 atom stereocenters. The summed E-state index contributed by atoms with van der Waals surface area (Å²) < 4.78 is 33.9. The fraction of sp³-hybridized carbons (Fsp3) is 0.783. The molecule has 10 heteroatoms. The maximum absolute atomic E-state index is 12.7. The summed E-state index contributed by atoms with van der Waals surface area (Å²) in [6.07, 6.45) is 44.2. The molecule has 0 aliphatic rings. The van der Waals surface area contributed by atoms with E-state index in [1.54, 1.807) is 0 Å². The first-order valence-corrected chi connectivity index (χ1v) is 23.8. The van der Waals surface area contributed by atoms with Gasteiger partial charge in [0, 0.05) is 12.8 Å². The molecule has 0 amide bonds. The van der Waals surface area contributed by atoms with Crippen LogP contribution < -0.4 is 4.89 Å². The topological polar surface area (TPSA) is 111 Å². The highest BCUT2D eigenvalue weighted by Crippen LogP contribution is 2.38. The fourth-order valence-electron chi connectivity index (χ4n) is 5.82. The van der Waals surface area contributed by atoms with Gasteiger partial charge in [-0.2, -0.15) is 0 Å². The van der Waals surface area contributed by atoms with Crippen molar-refractivity contribution in [2.24, 2.45) is 0 Å². The minimum absolute atomic E-state index is 0.0365. The first-order valence-electron chi connectivity index (χ1n) is 22.3. The third-order valence-corrected chi connectivity index (χ3v) is 10.3. The molecule has 0 rings (SSSR count). The van der Waals surface area contributed by atoms with Crippen LogP contribution in [-0.4, -0.2) is 70.0 Å². The number of phosphoric ester groups is 1. The number of likely N-dealkylation sites (N-methyl/N-ethyl adjacent to an activating group) is 1. The number of unbranched alkanes of at least 4 members (excludes halogenated alkanes) is 18. The van der Waals surface area contributed by atoms with Crippen LogP contribution in [0.25, 0.3) is 0 Å². The van der Waals surface area contributed by atoms with Crippen molar-refractivity contribution < 1.29 is 42.1 Å². The van der Waals surface area contributed by atoms with Gasteiger partial charge in [-0.25, -0.2) is 0 Å². The summed E-state index contributed by atoms with van der Waals surface area (Å²) in [5.74, 6) is -0.869. The second-order valence-corrected chi connectivity index (χ2v) is 17.5. The number of allylic oxidation sites excluding steroid dienone is 8. The maximum atomic E-state index is 12.7. The number of esters is 2. The number of phosphoric acid groups is 1. The van der Waals surface area contributed by atoms with Crippen molar-refractivity contribution >= 4 is 19.8 Å². The van der Waals surface area contributed by atoms with Crippen LogP contribution in [-0.2, 0) is 32.7 Å². The van der Waals surface area contributed by atoms with Gasteiger partial charge in [0.1, 0.15) is 19.8 Å². The Morgan fingerprint density at radius 1 is 0.554 bits per heavy atom. The Kier molecular flexibility index (Phi) is 37.1. The summed E-state index contributed by atoms with van der Waals surface area (Å²) >= 11 is 0. The van der Waals surface area contributed by atoms with E-state index < -0.39 is 32.5 Å². The summed E-state index contributed by atoms with van der Waals surface area (Å²) in [4.78, 5) is 37.5. The number of hydrogen-bond donors (Lipinski definition) is 0. The van der Waals surface area contributed by atoms with Gasteiger partial charge in [0.15, 0.2) is 6.10 Å². The van der Waals surface area contributed by atoms with Gasteiger partial charge in [0.05, 0.1) is 27.7 Å². The predicted molar refractivity (Wildman–Crippen MR) is 231 cm³/mol. The lowest BCUT2D eigenvalue weighted by atomic mass is 10.0. The van der Waals surface area contributed by atoms with Gasteiger partial charge in [-0.1, -0.05) is 165 Å². The third kappa shape index (κ3) is 41.6. The smallest absolute Gasteiger partial charge is 0.306 e. The van der Waals surface area contributed by atoms with E-state index in [0.717, 1.165) is 64.2 Å². The average molecular weight is 810 g/mol. The Morgan fingerprint density at radius 3 is 1.50 bits per heavy atom. The molecule has 1 unspecified atom stereocenters. The van der Waals surface area contributed by atoms with E-state index in [9.17, 15) is 19.0 Å². The minimum Gasteiger partial charge on any atom is -0.756 e. The first-order chi connectivity index (χ1) is 27.0. The largest absolute Gasteiger partial charge is 0.756 e. The Morgan fingerprint density at radius 2 is 1.00 bits per heavy atom. The first kappa shape index (κ1) is 54.0. The number of nitrogens with zero attached hydrogens (tertiary/aromatic N) is 1. The van der Waals surface area contributed by atoms with Crippen LogP contribution in [0, 0.1) is 0 Å². The maximum Gasteiger partial charge on any atom is 0.306 e. The van der Waals surface area contributed by atoms with Gasteiger partial charge in [-0.15, -0.1) is 0 Å². The molecule has 0 spiro atoms. The lowest BCUT2D eigenvalue weighted by Crippen LogP contribution is -2.37. The van der Waals surface area contributed by atoms with Crippen molar-refractivity contribution in [2.45, 2.75) is 187 Å².